The fourth-order valence-electron chi connectivity index (χ4n) is 3.46. The average molecular weight is 352 g/mol. The van der Waals surface area contributed by atoms with Crippen LogP contribution in [0.15, 0.2) is 72.9 Å². The molecule has 0 unspecified atom stereocenters. The molecule has 4 aromatic rings. The summed E-state index contributed by atoms with van der Waals surface area (Å²) in [6.07, 6.45) is 4.33. The number of hydrogen-bond donors (Lipinski definition) is 1. The van der Waals surface area contributed by atoms with E-state index in [-0.39, 0.29) is 0 Å². The van der Waals surface area contributed by atoms with Gasteiger partial charge in [0.2, 0.25) is 0 Å². The van der Waals surface area contributed by atoms with Crippen molar-refractivity contribution in [1.82, 2.24) is 15.0 Å². The molecule has 2 aromatic carbocycles. The molecule has 1 fully saturated rings. The minimum Gasteiger partial charge on any atom is -0.364 e. The number of aromatic nitrogens is 3. The van der Waals surface area contributed by atoms with Crippen LogP contribution in [0.5, 0.6) is 0 Å². The van der Waals surface area contributed by atoms with Gasteiger partial charge in [-0.1, -0.05) is 42.5 Å². The Morgan fingerprint density at radius 1 is 0.852 bits per heavy atom. The lowest BCUT2D eigenvalue weighted by atomic mass is 10.0. The lowest BCUT2D eigenvalue weighted by Crippen LogP contribution is -2.05. The van der Waals surface area contributed by atoms with Gasteiger partial charge in [-0.2, -0.15) is 0 Å². The third-order valence-electron chi connectivity index (χ3n) is 4.99. The van der Waals surface area contributed by atoms with E-state index in [9.17, 15) is 0 Å². The van der Waals surface area contributed by atoms with Gasteiger partial charge in [0.25, 0.3) is 0 Å². The minimum absolute atomic E-state index is 0.631. The first kappa shape index (κ1) is 15.9. The first-order chi connectivity index (χ1) is 13.4. The number of anilines is 1. The molecule has 1 N–H and O–H groups in total. The maximum atomic E-state index is 4.91. The van der Waals surface area contributed by atoms with Crippen LogP contribution < -0.4 is 5.32 Å². The van der Waals surface area contributed by atoms with Gasteiger partial charge in [-0.3, -0.25) is 4.98 Å². The standard InChI is InChI=1S/C23H20N4/c1-2-9-19(18(8-1)16-12-13-16)23-26-21-11-4-3-10-20(21)22(27-23)25-15-17-7-5-6-14-24-17/h1-11,14,16H,12-13,15H2,(H,25,26,27). The first-order valence-electron chi connectivity index (χ1n) is 9.38. The van der Waals surface area contributed by atoms with Gasteiger partial charge in [-0.25, -0.2) is 9.97 Å². The molecule has 0 spiro atoms. The summed E-state index contributed by atoms with van der Waals surface area (Å²) >= 11 is 0. The normalized spacial score (nSPS) is 13.6. The van der Waals surface area contributed by atoms with Crippen LogP contribution in [0.2, 0.25) is 0 Å². The molecular formula is C23H20N4. The highest BCUT2D eigenvalue weighted by Crippen LogP contribution is 2.44. The summed E-state index contributed by atoms with van der Waals surface area (Å²) < 4.78 is 0. The van der Waals surface area contributed by atoms with Gasteiger partial charge in [0, 0.05) is 17.1 Å². The van der Waals surface area contributed by atoms with Crippen molar-refractivity contribution in [2.24, 2.45) is 0 Å². The van der Waals surface area contributed by atoms with Crippen molar-refractivity contribution in [1.29, 1.82) is 0 Å². The van der Waals surface area contributed by atoms with Crippen LogP contribution in [0.4, 0.5) is 5.82 Å². The Morgan fingerprint density at radius 3 is 2.52 bits per heavy atom. The lowest BCUT2D eigenvalue weighted by molar-refractivity contribution is 1.03. The zero-order valence-corrected chi connectivity index (χ0v) is 15.0. The van der Waals surface area contributed by atoms with Crippen LogP contribution in [-0.2, 0) is 6.54 Å². The van der Waals surface area contributed by atoms with E-state index in [2.05, 4.69) is 40.6 Å². The molecule has 5 rings (SSSR count). The van der Waals surface area contributed by atoms with Crippen molar-refractivity contribution in [3.8, 4) is 11.4 Å². The van der Waals surface area contributed by atoms with Crippen LogP contribution in [0, 0.1) is 0 Å². The van der Waals surface area contributed by atoms with E-state index in [1.807, 2.05) is 42.6 Å². The summed E-state index contributed by atoms with van der Waals surface area (Å²) in [4.78, 5) is 14.2. The molecule has 0 aliphatic heterocycles. The Hall–Kier alpha value is -3.27. The highest BCUT2D eigenvalue weighted by Gasteiger charge is 2.27. The van der Waals surface area contributed by atoms with Gasteiger partial charge < -0.3 is 5.32 Å². The topological polar surface area (TPSA) is 50.7 Å². The molecule has 1 aliphatic carbocycles. The molecule has 132 valence electrons. The van der Waals surface area contributed by atoms with E-state index in [1.54, 1.807) is 0 Å². The first-order valence-corrected chi connectivity index (χ1v) is 9.38. The second-order valence-electron chi connectivity index (χ2n) is 6.95. The lowest BCUT2D eigenvalue weighted by Gasteiger charge is -2.13. The summed E-state index contributed by atoms with van der Waals surface area (Å²) in [5.41, 5.74) is 4.45. The highest BCUT2D eigenvalue weighted by atomic mass is 15.0. The molecule has 1 saturated carbocycles. The number of hydrogen-bond acceptors (Lipinski definition) is 4. The Kier molecular flexibility index (Phi) is 4.02. The predicted octanol–water partition coefficient (Wildman–Crippen LogP) is 5.18. The average Bonchev–Trinajstić information content (AvgIpc) is 3.58. The fourth-order valence-corrected chi connectivity index (χ4v) is 3.46. The zero-order chi connectivity index (χ0) is 18.1. The van der Waals surface area contributed by atoms with Gasteiger partial charge in [0.05, 0.1) is 17.8 Å². The molecule has 27 heavy (non-hydrogen) atoms. The van der Waals surface area contributed by atoms with E-state index in [0.29, 0.717) is 12.5 Å². The minimum atomic E-state index is 0.631. The number of rotatable bonds is 5. The smallest absolute Gasteiger partial charge is 0.162 e. The van der Waals surface area contributed by atoms with Crippen LogP contribution in [0.1, 0.15) is 30.0 Å². The Morgan fingerprint density at radius 2 is 1.67 bits per heavy atom. The SMILES string of the molecule is c1ccc(CNc2nc(-c3ccccc3C3CC3)nc3ccccc23)nc1. The molecular weight excluding hydrogens is 332 g/mol. The van der Waals surface area contributed by atoms with Crippen molar-refractivity contribution in [3.63, 3.8) is 0 Å². The maximum Gasteiger partial charge on any atom is 0.162 e. The molecule has 0 saturated heterocycles. The number of nitrogens with one attached hydrogen (secondary N) is 1. The molecule has 0 atom stereocenters. The van der Waals surface area contributed by atoms with Crippen molar-refractivity contribution >= 4 is 16.7 Å². The quantitative estimate of drug-likeness (QED) is 0.537. The van der Waals surface area contributed by atoms with Crippen LogP contribution >= 0.6 is 0 Å². The Bertz CT molecular complexity index is 1090. The molecule has 0 radical (unpaired) electrons. The van der Waals surface area contributed by atoms with Gasteiger partial charge in [-0.05, 0) is 48.6 Å². The van der Waals surface area contributed by atoms with Crippen molar-refractivity contribution < 1.29 is 0 Å². The summed E-state index contributed by atoms with van der Waals surface area (Å²) in [5, 5.41) is 4.49. The number of benzene rings is 2. The van der Waals surface area contributed by atoms with Gasteiger partial charge in [0.15, 0.2) is 5.82 Å². The molecule has 2 heterocycles. The molecule has 2 aromatic heterocycles. The number of pyridine rings is 1. The van der Waals surface area contributed by atoms with Gasteiger partial charge in [-0.15, -0.1) is 0 Å². The van der Waals surface area contributed by atoms with E-state index in [4.69, 9.17) is 9.97 Å². The Labute approximate surface area is 158 Å². The monoisotopic (exact) mass is 352 g/mol. The van der Waals surface area contributed by atoms with Crippen molar-refractivity contribution in [2.45, 2.75) is 25.3 Å². The Balaban J connectivity index is 1.58. The highest BCUT2D eigenvalue weighted by molar-refractivity contribution is 5.90. The van der Waals surface area contributed by atoms with E-state index in [1.165, 1.54) is 18.4 Å². The van der Waals surface area contributed by atoms with Crippen molar-refractivity contribution in [3.05, 3.63) is 84.2 Å². The predicted molar refractivity (Wildman–Crippen MR) is 109 cm³/mol. The summed E-state index contributed by atoms with van der Waals surface area (Å²) in [6.45, 7) is 0.631. The third-order valence-corrected chi connectivity index (χ3v) is 4.99. The number of fused-ring (bicyclic) bond motifs is 1. The zero-order valence-electron chi connectivity index (χ0n) is 15.0. The third kappa shape index (κ3) is 3.26. The van der Waals surface area contributed by atoms with E-state index >= 15 is 0 Å². The van der Waals surface area contributed by atoms with Crippen molar-refractivity contribution in [2.75, 3.05) is 5.32 Å². The second-order valence-corrected chi connectivity index (χ2v) is 6.95. The van der Waals surface area contributed by atoms with E-state index < -0.39 is 0 Å². The van der Waals surface area contributed by atoms with Gasteiger partial charge in [0.1, 0.15) is 5.82 Å². The summed E-state index contributed by atoms with van der Waals surface area (Å²) in [5.74, 6) is 2.30. The summed E-state index contributed by atoms with van der Waals surface area (Å²) in [6, 6.07) is 22.6. The van der Waals surface area contributed by atoms with Crippen LogP contribution in [0.25, 0.3) is 22.3 Å². The maximum absolute atomic E-state index is 4.91. The molecule has 0 amide bonds. The molecule has 0 bridgehead atoms. The fraction of sp³-hybridized carbons (Fsp3) is 0.174. The largest absolute Gasteiger partial charge is 0.364 e. The number of nitrogens with zero attached hydrogens (tertiary/aromatic N) is 3. The molecule has 4 heteroatoms. The molecule has 1 aliphatic rings. The van der Waals surface area contributed by atoms with E-state index in [0.717, 1.165) is 33.8 Å². The number of para-hydroxylation sites is 1. The van der Waals surface area contributed by atoms with Crippen LogP contribution in [-0.4, -0.2) is 15.0 Å². The summed E-state index contributed by atoms with van der Waals surface area (Å²) in [7, 11) is 0. The van der Waals surface area contributed by atoms with Crippen LogP contribution in [0.3, 0.4) is 0 Å². The molecule has 4 nitrogen and oxygen atoms in total. The van der Waals surface area contributed by atoms with Gasteiger partial charge >= 0.3 is 0 Å². The second kappa shape index (κ2) is 6.80.